The molecule has 0 spiro atoms. The Kier molecular flexibility index (Phi) is 4.38. The van der Waals surface area contributed by atoms with Crippen LogP contribution in [0.1, 0.15) is 35.3 Å². The predicted octanol–water partition coefficient (Wildman–Crippen LogP) is 3.33. The zero-order chi connectivity index (χ0) is 17.3. The van der Waals surface area contributed by atoms with Gasteiger partial charge in [0.2, 0.25) is 0 Å². The second-order valence-corrected chi connectivity index (χ2v) is 6.06. The van der Waals surface area contributed by atoms with Crippen molar-refractivity contribution < 1.29 is 0 Å². The predicted molar refractivity (Wildman–Crippen MR) is 95.5 cm³/mol. The van der Waals surface area contributed by atoms with E-state index in [1.54, 1.807) is 0 Å². The Morgan fingerprint density at radius 1 is 1.08 bits per heavy atom. The number of rotatable bonds is 5. The molecular formula is C18H24N6. The maximum absolute atomic E-state index is 4.55. The molecular weight excluding hydrogens is 300 g/mol. The van der Waals surface area contributed by atoms with Crippen molar-refractivity contribution in [2.75, 3.05) is 5.32 Å². The molecule has 1 N–H and O–H groups in total. The third-order valence-electron chi connectivity index (χ3n) is 4.28. The highest BCUT2D eigenvalue weighted by Gasteiger charge is 2.10. The first-order valence-electron chi connectivity index (χ1n) is 8.26. The second kappa shape index (κ2) is 6.47. The van der Waals surface area contributed by atoms with Crippen molar-refractivity contribution in [3.63, 3.8) is 0 Å². The van der Waals surface area contributed by atoms with E-state index in [4.69, 9.17) is 0 Å². The monoisotopic (exact) mass is 324 g/mol. The summed E-state index contributed by atoms with van der Waals surface area (Å²) in [4.78, 5) is 4.51. The lowest BCUT2D eigenvalue weighted by Gasteiger charge is -2.08. The van der Waals surface area contributed by atoms with Gasteiger partial charge in [-0.1, -0.05) is 0 Å². The lowest BCUT2D eigenvalue weighted by molar-refractivity contribution is 0.633. The first-order chi connectivity index (χ1) is 11.5. The quantitative estimate of drug-likeness (QED) is 0.782. The summed E-state index contributed by atoms with van der Waals surface area (Å²) in [5.41, 5.74) is 6.60. The van der Waals surface area contributed by atoms with E-state index in [0.717, 1.165) is 41.7 Å². The largest absolute Gasteiger partial charge is 0.366 e. The third-order valence-corrected chi connectivity index (χ3v) is 4.28. The van der Waals surface area contributed by atoms with Crippen molar-refractivity contribution >= 4 is 5.82 Å². The Bertz CT molecular complexity index is 841. The number of aromatic nitrogens is 5. The minimum Gasteiger partial charge on any atom is -0.366 e. The summed E-state index contributed by atoms with van der Waals surface area (Å²) in [6.45, 7) is 11.9. The molecule has 0 saturated heterocycles. The standard InChI is InChI=1S/C18H24N6/c1-6-23-15(5)17(14(4)22-23)11-20-18-8-7-16(10-19-18)24-13(3)9-12(2)21-24/h7-10H,6,11H2,1-5H3,(H,19,20). The fraction of sp³-hybridized carbons (Fsp3) is 0.389. The number of hydrogen-bond acceptors (Lipinski definition) is 4. The van der Waals surface area contributed by atoms with Crippen LogP contribution in [0.2, 0.25) is 0 Å². The van der Waals surface area contributed by atoms with E-state index in [-0.39, 0.29) is 0 Å². The van der Waals surface area contributed by atoms with Crippen LogP contribution in [-0.2, 0) is 13.1 Å². The number of nitrogens with zero attached hydrogens (tertiary/aromatic N) is 5. The summed E-state index contributed by atoms with van der Waals surface area (Å²) in [5.74, 6) is 0.850. The third kappa shape index (κ3) is 3.04. The Hall–Kier alpha value is -2.63. The van der Waals surface area contributed by atoms with E-state index in [9.17, 15) is 0 Å². The van der Waals surface area contributed by atoms with Gasteiger partial charge in [-0.15, -0.1) is 0 Å². The summed E-state index contributed by atoms with van der Waals surface area (Å²) in [5, 5.41) is 12.4. The number of hydrogen-bond donors (Lipinski definition) is 1. The second-order valence-electron chi connectivity index (χ2n) is 6.06. The molecule has 6 nitrogen and oxygen atoms in total. The van der Waals surface area contributed by atoms with Crippen LogP contribution in [0.4, 0.5) is 5.82 Å². The van der Waals surface area contributed by atoms with Crippen LogP contribution in [-0.4, -0.2) is 24.5 Å². The van der Waals surface area contributed by atoms with Gasteiger partial charge >= 0.3 is 0 Å². The van der Waals surface area contributed by atoms with Crippen molar-refractivity contribution in [2.24, 2.45) is 0 Å². The first kappa shape index (κ1) is 16.2. The van der Waals surface area contributed by atoms with Crippen LogP contribution >= 0.6 is 0 Å². The molecule has 0 amide bonds. The lowest BCUT2D eigenvalue weighted by Crippen LogP contribution is -2.05. The number of aryl methyl sites for hydroxylation is 4. The maximum atomic E-state index is 4.55. The van der Waals surface area contributed by atoms with Gasteiger partial charge in [-0.25, -0.2) is 9.67 Å². The number of anilines is 1. The van der Waals surface area contributed by atoms with Crippen LogP contribution in [0.3, 0.4) is 0 Å². The molecule has 0 aliphatic heterocycles. The molecule has 0 fully saturated rings. The SMILES string of the molecule is CCn1nc(C)c(CNc2ccc(-n3nc(C)cc3C)cn2)c1C. The minimum atomic E-state index is 0.726. The van der Waals surface area contributed by atoms with Crippen LogP contribution in [0, 0.1) is 27.7 Å². The van der Waals surface area contributed by atoms with Gasteiger partial charge in [-0.2, -0.15) is 10.2 Å². The van der Waals surface area contributed by atoms with Crippen molar-refractivity contribution in [1.82, 2.24) is 24.5 Å². The van der Waals surface area contributed by atoms with E-state index in [0.29, 0.717) is 0 Å². The van der Waals surface area contributed by atoms with Gasteiger partial charge < -0.3 is 5.32 Å². The molecule has 6 heteroatoms. The molecule has 0 aromatic carbocycles. The molecule has 3 heterocycles. The molecule has 0 bridgehead atoms. The van der Waals surface area contributed by atoms with Crippen molar-refractivity contribution in [3.8, 4) is 5.69 Å². The van der Waals surface area contributed by atoms with Gasteiger partial charge in [0, 0.05) is 30.0 Å². The molecule has 0 aliphatic rings. The van der Waals surface area contributed by atoms with Gasteiger partial charge in [-0.05, 0) is 52.8 Å². The fourth-order valence-electron chi connectivity index (χ4n) is 2.98. The molecule has 3 aromatic rings. The normalized spacial score (nSPS) is 11.0. The Balaban J connectivity index is 1.73. The van der Waals surface area contributed by atoms with Crippen LogP contribution < -0.4 is 5.32 Å². The number of pyridine rings is 1. The van der Waals surface area contributed by atoms with Crippen molar-refractivity contribution in [3.05, 3.63) is 52.7 Å². The summed E-state index contributed by atoms with van der Waals surface area (Å²) < 4.78 is 3.94. The van der Waals surface area contributed by atoms with E-state index in [1.807, 2.05) is 41.5 Å². The van der Waals surface area contributed by atoms with Gasteiger partial charge in [0.25, 0.3) is 0 Å². The van der Waals surface area contributed by atoms with Crippen molar-refractivity contribution in [2.45, 2.75) is 47.7 Å². The molecule has 24 heavy (non-hydrogen) atoms. The van der Waals surface area contributed by atoms with Gasteiger partial charge in [-0.3, -0.25) is 4.68 Å². The fourth-order valence-corrected chi connectivity index (χ4v) is 2.98. The summed E-state index contributed by atoms with van der Waals surface area (Å²) >= 11 is 0. The Labute approximate surface area is 142 Å². The van der Waals surface area contributed by atoms with Gasteiger partial charge in [0.1, 0.15) is 5.82 Å². The summed E-state index contributed by atoms with van der Waals surface area (Å²) in [6, 6.07) is 6.08. The summed E-state index contributed by atoms with van der Waals surface area (Å²) in [6.07, 6.45) is 1.84. The van der Waals surface area contributed by atoms with E-state index in [1.165, 1.54) is 11.3 Å². The average Bonchev–Trinajstić information content (AvgIpc) is 3.04. The molecule has 0 radical (unpaired) electrons. The maximum Gasteiger partial charge on any atom is 0.126 e. The smallest absolute Gasteiger partial charge is 0.126 e. The molecule has 3 rings (SSSR count). The zero-order valence-electron chi connectivity index (χ0n) is 15.0. The molecule has 0 atom stereocenters. The molecule has 0 saturated carbocycles. The molecule has 3 aromatic heterocycles. The Morgan fingerprint density at radius 2 is 1.88 bits per heavy atom. The van der Waals surface area contributed by atoms with E-state index in [2.05, 4.69) is 47.3 Å². The Morgan fingerprint density at radius 3 is 2.42 bits per heavy atom. The first-order valence-corrected chi connectivity index (χ1v) is 8.26. The van der Waals surface area contributed by atoms with Crippen LogP contribution in [0.25, 0.3) is 5.69 Å². The average molecular weight is 324 g/mol. The molecule has 0 aliphatic carbocycles. The van der Waals surface area contributed by atoms with Gasteiger partial charge in [0.15, 0.2) is 0 Å². The number of nitrogens with one attached hydrogen (secondary N) is 1. The highest BCUT2D eigenvalue weighted by Crippen LogP contribution is 2.16. The molecule has 126 valence electrons. The lowest BCUT2D eigenvalue weighted by atomic mass is 10.2. The van der Waals surface area contributed by atoms with Gasteiger partial charge in [0.05, 0.1) is 23.3 Å². The summed E-state index contributed by atoms with van der Waals surface area (Å²) in [7, 11) is 0. The van der Waals surface area contributed by atoms with E-state index < -0.39 is 0 Å². The topological polar surface area (TPSA) is 60.6 Å². The van der Waals surface area contributed by atoms with Crippen LogP contribution in [0.15, 0.2) is 24.4 Å². The minimum absolute atomic E-state index is 0.726. The highest BCUT2D eigenvalue weighted by molar-refractivity contribution is 5.42. The van der Waals surface area contributed by atoms with Crippen LogP contribution in [0.5, 0.6) is 0 Å². The van der Waals surface area contributed by atoms with E-state index >= 15 is 0 Å². The zero-order valence-corrected chi connectivity index (χ0v) is 15.0. The highest BCUT2D eigenvalue weighted by atomic mass is 15.3. The molecule has 0 unspecified atom stereocenters. The van der Waals surface area contributed by atoms with Crippen molar-refractivity contribution in [1.29, 1.82) is 0 Å².